The molecular weight excluding hydrogens is 318 g/mol. The van der Waals surface area contributed by atoms with Crippen LogP contribution in [-0.4, -0.2) is 26.5 Å². The maximum atomic E-state index is 12.1. The highest BCUT2D eigenvalue weighted by Gasteiger charge is 2.48. The quantitative estimate of drug-likeness (QED) is 0.751. The number of hydrogen-bond donors (Lipinski definition) is 2. The first-order chi connectivity index (χ1) is 12.1. The largest absolute Gasteiger partial charge is 0.481 e. The van der Waals surface area contributed by atoms with Crippen molar-refractivity contribution in [2.75, 3.05) is 5.32 Å². The molecule has 2 N–H and O–H groups in total. The fourth-order valence-corrected chi connectivity index (χ4v) is 3.07. The number of carbonyl (C=O) groups is 2. The van der Waals surface area contributed by atoms with Crippen molar-refractivity contribution in [1.29, 1.82) is 0 Å². The van der Waals surface area contributed by atoms with Gasteiger partial charge in [0.05, 0.1) is 29.2 Å². The van der Waals surface area contributed by atoms with E-state index in [1.54, 1.807) is 6.33 Å². The highest BCUT2D eigenvalue weighted by molar-refractivity contribution is 5.98. The first-order valence-electron chi connectivity index (χ1n) is 8.14. The molecule has 1 heterocycles. The zero-order valence-corrected chi connectivity index (χ0v) is 13.4. The fraction of sp³-hybridized carbons (Fsp3) is 0.211. The lowest BCUT2D eigenvalue weighted by molar-refractivity contribution is -0.139. The molecule has 1 amide bonds. The summed E-state index contributed by atoms with van der Waals surface area (Å²) >= 11 is 0. The summed E-state index contributed by atoms with van der Waals surface area (Å²) in [5.74, 6) is -2.09. The number of aliphatic carboxylic acids is 1. The molecule has 1 aromatic heterocycles. The fourth-order valence-electron chi connectivity index (χ4n) is 3.07. The van der Waals surface area contributed by atoms with Crippen LogP contribution in [0, 0.1) is 11.8 Å². The van der Waals surface area contributed by atoms with Gasteiger partial charge in [0, 0.05) is 12.2 Å². The molecule has 3 aromatic rings. The Hall–Kier alpha value is -3.15. The Morgan fingerprint density at radius 1 is 1.16 bits per heavy atom. The summed E-state index contributed by atoms with van der Waals surface area (Å²) in [6.07, 6.45) is 2.22. The maximum absolute atomic E-state index is 12.1. The van der Waals surface area contributed by atoms with Crippen LogP contribution in [0.15, 0.2) is 54.9 Å². The van der Waals surface area contributed by atoms with Gasteiger partial charge >= 0.3 is 5.97 Å². The van der Waals surface area contributed by atoms with E-state index in [0.29, 0.717) is 18.7 Å². The molecule has 6 heteroatoms. The highest BCUT2D eigenvalue weighted by Crippen LogP contribution is 2.39. The zero-order valence-electron chi connectivity index (χ0n) is 13.4. The molecule has 0 spiro atoms. The number of amides is 1. The van der Waals surface area contributed by atoms with Crippen molar-refractivity contribution in [3.8, 4) is 0 Å². The third kappa shape index (κ3) is 3.10. The third-order valence-electron chi connectivity index (χ3n) is 4.52. The van der Waals surface area contributed by atoms with Crippen LogP contribution in [0.25, 0.3) is 11.0 Å². The summed E-state index contributed by atoms with van der Waals surface area (Å²) in [4.78, 5) is 27.4. The van der Waals surface area contributed by atoms with Crippen molar-refractivity contribution >= 4 is 28.6 Å². The molecule has 4 rings (SSSR count). The van der Waals surface area contributed by atoms with Gasteiger partial charge in [-0.2, -0.15) is 0 Å². The molecule has 2 atom stereocenters. The number of benzene rings is 2. The number of imidazole rings is 1. The summed E-state index contributed by atoms with van der Waals surface area (Å²) in [5.41, 5.74) is 3.72. The molecule has 1 saturated carbocycles. The molecule has 0 radical (unpaired) electrons. The Kier molecular flexibility index (Phi) is 3.72. The minimum atomic E-state index is -0.902. The highest BCUT2D eigenvalue weighted by atomic mass is 16.4. The minimum Gasteiger partial charge on any atom is -0.481 e. The van der Waals surface area contributed by atoms with E-state index in [4.69, 9.17) is 5.11 Å². The second-order valence-electron chi connectivity index (χ2n) is 6.34. The van der Waals surface area contributed by atoms with Crippen LogP contribution in [0.5, 0.6) is 0 Å². The van der Waals surface area contributed by atoms with Gasteiger partial charge in [-0.3, -0.25) is 9.59 Å². The molecule has 25 heavy (non-hydrogen) atoms. The van der Waals surface area contributed by atoms with Crippen LogP contribution in [0.3, 0.4) is 0 Å². The van der Waals surface area contributed by atoms with E-state index in [1.165, 1.54) is 0 Å². The minimum absolute atomic E-state index is 0.224. The molecule has 2 aromatic carbocycles. The standard InChI is InChI=1S/C19H17N3O3/c23-18(14-9-15(14)19(24)25)21-13-5-3-4-12(8-13)10-22-11-20-16-6-1-2-7-17(16)22/h1-8,11,14-15H,9-10H2,(H,21,23)(H,24,25)/t14-,15-/m1/s1. The maximum Gasteiger partial charge on any atom is 0.307 e. The topological polar surface area (TPSA) is 84.2 Å². The van der Waals surface area contributed by atoms with Gasteiger partial charge in [-0.1, -0.05) is 24.3 Å². The molecular formula is C19H17N3O3. The molecule has 126 valence electrons. The molecule has 1 aliphatic carbocycles. The Balaban J connectivity index is 1.48. The molecule has 0 aliphatic heterocycles. The monoisotopic (exact) mass is 335 g/mol. The summed E-state index contributed by atoms with van der Waals surface area (Å²) in [6, 6.07) is 15.5. The smallest absolute Gasteiger partial charge is 0.307 e. The van der Waals surface area contributed by atoms with E-state index in [9.17, 15) is 9.59 Å². The van der Waals surface area contributed by atoms with Crippen molar-refractivity contribution in [3.05, 3.63) is 60.4 Å². The van der Waals surface area contributed by atoms with Crippen LogP contribution >= 0.6 is 0 Å². The molecule has 6 nitrogen and oxygen atoms in total. The van der Waals surface area contributed by atoms with E-state index in [-0.39, 0.29) is 5.91 Å². The number of carboxylic acids is 1. The van der Waals surface area contributed by atoms with Gasteiger partial charge in [0.25, 0.3) is 0 Å². The van der Waals surface area contributed by atoms with E-state index < -0.39 is 17.8 Å². The van der Waals surface area contributed by atoms with Crippen LogP contribution < -0.4 is 5.32 Å². The molecule has 0 bridgehead atoms. The number of hydrogen-bond acceptors (Lipinski definition) is 3. The van der Waals surface area contributed by atoms with Crippen LogP contribution in [0.4, 0.5) is 5.69 Å². The Labute approximate surface area is 144 Å². The van der Waals surface area contributed by atoms with Gasteiger partial charge in [0.1, 0.15) is 0 Å². The predicted molar refractivity (Wildman–Crippen MR) is 93.1 cm³/mol. The van der Waals surface area contributed by atoms with Gasteiger partial charge in [0.2, 0.25) is 5.91 Å². The lowest BCUT2D eigenvalue weighted by atomic mass is 10.2. The van der Waals surface area contributed by atoms with Crippen molar-refractivity contribution in [2.45, 2.75) is 13.0 Å². The number of fused-ring (bicyclic) bond motifs is 1. The SMILES string of the molecule is O=C(O)[C@@H]1C[C@H]1C(=O)Nc1cccc(Cn2cnc3ccccc32)c1. The second-order valence-corrected chi connectivity index (χ2v) is 6.34. The molecule has 1 fully saturated rings. The van der Waals surface area contributed by atoms with Gasteiger partial charge in [-0.25, -0.2) is 4.98 Å². The number of carboxylic acid groups (broad SMARTS) is 1. The first kappa shape index (κ1) is 15.4. The Bertz CT molecular complexity index is 963. The van der Waals surface area contributed by atoms with Crippen LogP contribution in [-0.2, 0) is 16.1 Å². The molecule has 0 saturated heterocycles. The number of rotatable bonds is 5. The number of nitrogens with one attached hydrogen (secondary N) is 1. The van der Waals surface area contributed by atoms with Gasteiger partial charge in [-0.05, 0) is 36.2 Å². The average Bonchev–Trinajstić information content (AvgIpc) is 3.32. The second kappa shape index (κ2) is 6.05. The molecule has 0 unspecified atom stereocenters. The summed E-state index contributed by atoms with van der Waals surface area (Å²) in [7, 11) is 0. The van der Waals surface area contributed by atoms with E-state index in [2.05, 4.69) is 14.9 Å². The van der Waals surface area contributed by atoms with Crippen molar-refractivity contribution in [3.63, 3.8) is 0 Å². The van der Waals surface area contributed by atoms with E-state index in [1.807, 2.05) is 48.5 Å². The third-order valence-corrected chi connectivity index (χ3v) is 4.52. The number of nitrogens with zero attached hydrogens (tertiary/aromatic N) is 2. The summed E-state index contributed by atoms with van der Waals surface area (Å²) in [5, 5.41) is 11.7. The van der Waals surface area contributed by atoms with Crippen molar-refractivity contribution in [2.24, 2.45) is 11.8 Å². The number of para-hydroxylation sites is 2. The zero-order chi connectivity index (χ0) is 17.4. The van der Waals surface area contributed by atoms with Crippen molar-refractivity contribution in [1.82, 2.24) is 9.55 Å². The first-order valence-corrected chi connectivity index (χ1v) is 8.14. The van der Waals surface area contributed by atoms with Crippen LogP contribution in [0.2, 0.25) is 0 Å². The lowest BCUT2D eigenvalue weighted by Gasteiger charge is -2.08. The van der Waals surface area contributed by atoms with Gasteiger partial charge in [0.15, 0.2) is 0 Å². The number of anilines is 1. The van der Waals surface area contributed by atoms with Crippen molar-refractivity contribution < 1.29 is 14.7 Å². The van der Waals surface area contributed by atoms with Gasteiger partial charge in [-0.15, -0.1) is 0 Å². The van der Waals surface area contributed by atoms with E-state index >= 15 is 0 Å². The Morgan fingerprint density at radius 2 is 2.00 bits per heavy atom. The van der Waals surface area contributed by atoms with Gasteiger partial charge < -0.3 is 15.0 Å². The Morgan fingerprint density at radius 3 is 2.80 bits per heavy atom. The normalized spacial score (nSPS) is 18.9. The predicted octanol–water partition coefficient (Wildman–Crippen LogP) is 2.74. The molecule has 1 aliphatic rings. The summed E-state index contributed by atoms with van der Waals surface area (Å²) < 4.78 is 2.05. The summed E-state index contributed by atoms with van der Waals surface area (Å²) in [6.45, 7) is 0.644. The number of aromatic nitrogens is 2. The van der Waals surface area contributed by atoms with Crippen LogP contribution in [0.1, 0.15) is 12.0 Å². The average molecular weight is 335 g/mol. The lowest BCUT2D eigenvalue weighted by Crippen LogP contribution is -2.16. The number of carbonyl (C=O) groups excluding carboxylic acids is 1. The van der Waals surface area contributed by atoms with E-state index in [0.717, 1.165) is 16.6 Å².